The zero-order chi connectivity index (χ0) is 9.90. The van der Waals surface area contributed by atoms with Crippen LogP contribution in [0.5, 0.6) is 5.88 Å². The summed E-state index contributed by atoms with van der Waals surface area (Å²) in [6.45, 7) is 0. The van der Waals surface area contributed by atoms with Gasteiger partial charge in [-0.1, -0.05) is 0 Å². The Kier molecular flexibility index (Phi) is 2.77. The van der Waals surface area contributed by atoms with Crippen LogP contribution in [0.3, 0.4) is 0 Å². The molecule has 0 fully saturated rings. The molecule has 70 valence electrons. The van der Waals surface area contributed by atoms with Gasteiger partial charge in [0.1, 0.15) is 0 Å². The SMILES string of the molecule is OBOc1ccc(C(F)(F)F)cn1. The quantitative estimate of drug-likeness (QED) is 0.700. The van der Waals surface area contributed by atoms with Crippen molar-refractivity contribution in [2.45, 2.75) is 6.18 Å². The molecule has 1 aromatic heterocycles. The van der Waals surface area contributed by atoms with Gasteiger partial charge in [-0.3, -0.25) is 0 Å². The number of hydrogen-bond donors (Lipinski definition) is 1. The number of pyridine rings is 1. The first-order valence-corrected chi connectivity index (χ1v) is 3.31. The van der Waals surface area contributed by atoms with Crippen LogP contribution < -0.4 is 4.65 Å². The molecule has 0 aliphatic heterocycles. The second-order valence-electron chi connectivity index (χ2n) is 2.16. The molecule has 0 aliphatic rings. The fraction of sp³-hybridized carbons (Fsp3) is 0.167. The molecule has 0 saturated carbocycles. The van der Waals surface area contributed by atoms with Gasteiger partial charge in [0, 0.05) is 6.20 Å². The molecule has 13 heavy (non-hydrogen) atoms. The van der Waals surface area contributed by atoms with Gasteiger partial charge in [0.2, 0.25) is 0 Å². The first kappa shape index (κ1) is 9.85. The topological polar surface area (TPSA) is 42.4 Å². The fourth-order valence-electron chi connectivity index (χ4n) is 0.699. The van der Waals surface area contributed by atoms with Gasteiger partial charge in [-0.15, -0.1) is 0 Å². The zero-order valence-electron chi connectivity index (χ0n) is 6.38. The van der Waals surface area contributed by atoms with E-state index in [0.717, 1.165) is 12.1 Å². The Balaban J connectivity index is 2.81. The van der Waals surface area contributed by atoms with E-state index in [2.05, 4.69) is 9.64 Å². The van der Waals surface area contributed by atoms with E-state index >= 15 is 0 Å². The molecule has 0 bridgehead atoms. The highest BCUT2D eigenvalue weighted by Crippen LogP contribution is 2.28. The summed E-state index contributed by atoms with van der Waals surface area (Å²) < 4.78 is 40.4. The second-order valence-corrected chi connectivity index (χ2v) is 2.16. The Morgan fingerprint density at radius 2 is 2.08 bits per heavy atom. The van der Waals surface area contributed by atoms with E-state index in [1.807, 2.05) is 0 Å². The largest absolute Gasteiger partial charge is 0.525 e. The van der Waals surface area contributed by atoms with Crippen molar-refractivity contribution in [3.05, 3.63) is 23.9 Å². The number of halogens is 3. The van der Waals surface area contributed by atoms with Crippen LogP contribution in [-0.2, 0) is 6.18 Å². The predicted molar refractivity (Wildman–Crippen MR) is 39.2 cm³/mol. The molecule has 1 aromatic rings. The molecule has 0 saturated heterocycles. The van der Waals surface area contributed by atoms with Gasteiger partial charge in [-0.25, -0.2) is 4.98 Å². The summed E-state index contributed by atoms with van der Waals surface area (Å²) in [6, 6.07) is 1.87. The van der Waals surface area contributed by atoms with Crippen molar-refractivity contribution < 1.29 is 22.8 Å². The van der Waals surface area contributed by atoms with Crippen LogP contribution in [0, 0.1) is 0 Å². The van der Waals surface area contributed by atoms with Gasteiger partial charge in [-0.05, 0) is 12.1 Å². The van der Waals surface area contributed by atoms with Crippen LogP contribution in [-0.4, -0.2) is 17.7 Å². The van der Waals surface area contributed by atoms with E-state index in [0.29, 0.717) is 6.20 Å². The number of nitrogens with zero attached hydrogens (tertiary/aromatic N) is 1. The van der Waals surface area contributed by atoms with Crippen LogP contribution in [0.4, 0.5) is 13.2 Å². The summed E-state index contributed by atoms with van der Waals surface area (Å²) in [7, 11) is -0.613. The number of hydrogen-bond acceptors (Lipinski definition) is 3. The molecule has 0 atom stereocenters. The van der Waals surface area contributed by atoms with E-state index < -0.39 is 19.4 Å². The minimum Gasteiger partial charge on any atom is -0.525 e. The lowest BCUT2D eigenvalue weighted by molar-refractivity contribution is -0.137. The number of alkyl halides is 3. The maximum atomic E-state index is 12.0. The molecule has 1 rings (SSSR count). The molecule has 3 nitrogen and oxygen atoms in total. The predicted octanol–water partition coefficient (Wildman–Crippen LogP) is 0.738. The lowest BCUT2D eigenvalue weighted by Gasteiger charge is -2.06. The highest BCUT2D eigenvalue weighted by molar-refractivity contribution is 6.17. The molecular formula is C6H5BF3NO2. The molecule has 0 spiro atoms. The smallest absolute Gasteiger partial charge is 0.505 e. The highest BCUT2D eigenvalue weighted by atomic mass is 19.4. The summed E-state index contributed by atoms with van der Waals surface area (Å²) >= 11 is 0. The minimum absolute atomic E-state index is 0.0458. The van der Waals surface area contributed by atoms with Crippen molar-refractivity contribution in [3.63, 3.8) is 0 Å². The number of rotatable bonds is 2. The average molecular weight is 191 g/mol. The van der Waals surface area contributed by atoms with E-state index in [1.165, 1.54) is 0 Å². The average Bonchev–Trinajstić information content (AvgIpc) is 2.04. The van der Waals surface area contributed by atoms with Crippen molar-refractivity contribution >= 4 is 7.69 Å². The zero-order valence-corrected chi connectivity index (χ0v) is 6.38. The molecule has 1 heterocycles. The Morgan fingerprint density at radius 1 is 1.38 bits per heavy atom. The Bertz CT molecular complexity index is 274. The van der Waals surface area contributed by atoms with Gasteiger partial charge in [0.25, 0.3) is 0 Å². The van der Waals surface area contributed by atoms with Gasteiger partial charge >= 0.3 is 13.9 Å². The minimum atomic E-state index is -4.40. The van der Waals surface area contributed by atoms with Crippen molar-refractivity contribution in [1.82, 2.24) is 4.98 Å². The third-order valence-corrected chi connectivity index (χ3v) is 1.28. The summed E-state index contributed by atoms with van der Waals surface area (Å²) in [6.07, 6.45) is -3.75. The summed E-state index contributed by atoms with van der Waals surface area (Å²) in [5, 5.41) is 8.26. The van der Waals surface area contributed by atoms with Crippen molar-refractivity contribution in [2.24, 2.45) is 0 Å². The van der Waals surface area contributed by atoms with Crippen LogP contribution in [0.2, 0.25) is 0 Å². The molecule has 1 N–H and O–H groups in total. The fourth-order valence-corrected chi connectivity index (χ4v) is 0.699. The van der Waals surface area contributed by atoms with Crippen LogP contribution in [0.1, 0.15) is 5.56 Å². The van der Waals surface area contributed by atoms with E-state index in [-0.39, 0.29) is 5.88 Å². The summed E-state index contributed by atoms with van der Waals surface area (Å²) in [5.74, 6) is -0.0458. The van der Waals surface area contributed by atoms with E-state index in [4.69, 9.17) is 5.02 Å². The van der Waals surface area contributed by atoms with Gasteiger partial charge in [0.15, 0.2) is 5.88 Å². The molecular weight excluding hydrogens is 186 g/mol. The molecule has 0 radical (unpaired) electrons. The lowest BCUT2D eigenvalue weighted by atomic mass is 10.3. The van der Waals surface area contributed by atoms with Crippen LogP contribution in [0.25, 0.3) is 0 Å². The third-order valence-electron chi connectivity index (χ3n) is 1.28. The third kappa shape index (κ3) is 2.62. The summed E-state index contributed by atoms with van der Waals surface area (Å²) in [5.41, 5.74) is -0.849. The van der Waals surface area contributed by atoms with Crippen molar-refractivity contribution in [1.29, 1.82) is 0 Å². The van der Waals surface area contributed by atoms with E-state index in [1.54, 1.807) is 0 Å². The number of aromatic nitrogens is 1. The normalized spacial score (nSPS) is 11.1. The van der Waals surface area contributed by atoms with Crippen LogP contribution in [0.15, 0.2) is 18.3 Å². The van der Waals surface area contributed by atoms with Gasteiger partial charge in [0.05, 0.1) is 5.56 Å². The Labute approximate surface area is 72.5 Å². The molecule has 0 unspecified atom stereocenters. The molecule has 0 amide bonds. The summed E-state index contributed by atoms with van der Waals surface area (Å²) in [4.78, 5) is 3.33. The monoisotopic (exact) mass is 191 g/mol. The molecule has 0 aromatic carbocycles. The lowest BCUT2D eigenvalue weighted by Crippen LogP contribution is -2.06. The molecule has 7 heteroatoms. The van der Waals surface area contributed by atoms with Crippen LogP contribution >= 0.6 is 0 Å². The van der Waals surface area contributed by atoms with Crippen molar-refractivity contribution in [2.75, 3.05) is 0 Å². The van der Waals surface area contributed by atoms with Gasteiger partial charge in [-0.2, -0.15) is 13.2 Å². The molecule has 0 aliphatic carbocycles. The standard InChI is InChI=1S/C6H5BF3NO2/c8-6(9,10)4-1-2-5(11-3-4)13-7-12/h1-3,7,12H. The maximum Gasteiger partial charge on any atom is 0.505 e. The first-order valence-electron chi connectivity index (χ1n) is 3.31. The highest BCUT2D eigenvalue weighted by Gasteiger charge is 2.30. The van der Waals surface area contributed by atoms with Crippen molar-refractivity contribution in [3.8, 4) is 5.88 Å². The van der Waals surface area contributed by atoms with Gasteiger partial charge < -0.3 is 9.68 Å². The first-order chi connectivity index (χ1) is 6.04. The second kappa shape index (κ2) is 3.65. The maximum absolute atomic E-state index is 12.0. The Hall–Kier alpha value is -1.24. The van der Waals surface area contributed by atoms with E-state index in [9.17, 15) is 13.2 Å². The Morgan fingerprint density at radius 3 is 2.46 bits per heavy atom.